The maximum atomic E-state index is 13.9. The second kappa shape index (κ2) is 17.5. The Morgan fingerprint density at radius 3 is 2.09 bits per heavy atom. The van der Waals surface area contributed by atoms with Crippen LogP contribution in [0.1, 0.15) is 71.4 Å². The van der Waals surface area contributed by atoms with Crippen LogP contribution in [0.25, 0.3) is 21.5 Å². The van der Waals surface area contributed by atoms with Crippen LogP contribution < -0.4 is 4.90 Å². The molecule has 4 aromatic rings. The molecule has 64 heavy (non-hydrogen) atoms. The van der Waals surface area contributed by atoms with Crippen molar-refractivity contribution < 1.29 is 61.8 Å². The van der Waals surface area contributed by atoms with Crippen LogP contribution >= 0.6 is 0 Å². The zero-order valence-electron chi connectivity index (χ0n) is 36.1. The number of rotatable bonds is 17. The zero-order chi connectivity index (χ0) is 47.4. The first-order chi connectivity index (χ1) is 29.6. The molecule has 0 fully saturated rings. The molecule has 3 N–H and O–H groups in total. The van der Waals surface area contributed by atoms with Gasteiger partial charge in [-0.1, -0.05) is 57.2 Å². The Morgan fingerprint density at radius 1 is 0.797 bits per heavy atom. The third-order valence-corrected chi connectivity index (χ3v) is 16.3. The predicted octanol–water partition coefficient (Wildman–Crippen LogP) is 6.49. The van der Waals surface area contributed by atoms with Crippen molar-refractivity contribution in [3.05, 3.63) is 102 Å². The molecule has 0 amide bonds. The van der Waals surface area contributed by atoms with Crippen molar-refractivity contribution in [2.24, 2.45) is 0 Å². The number of aliphatic carboxylic acids is 1. The van der Waals surface area contributed by atoms with Crippen molar-refractivity contribution in [2.75, 3.05) is 37.3 Å². The van der Waals surface area contributed by atoms with Crippen LogP contribution in [0.4, 0.5) is 11.4 Å². The van der Waals surface area contributed by atoms with Crippen LogP contribution in [-0.4, -0.2) is 105 Å². The van der Waals surface area contributed by atoms with Gasteiger partial charge < -0.3 is 14.6 Å². The molecule has 0 aliphatic carbocycles. The minimum atomic E-state index is -4.91. The lowest BCUT2D eigenvalue weighted by atomic mass is 9.79. The molecule has 0 unspecified atom stereocenters. The number of sulfonamides is 1. The number of carbonyl (C=O) groups is 1. The summed E-state index contributed by atoms with van der Waals surface area (Å²) in [4.78, 5) is 11.7. The predicted molar refractivity (Wildman–Crippen MR) is 243 cm³/mol. The summed E-state index contributed by atoms with van der Waals surface area (Å²) in [5.41, 5.74) is 2.67. The Kier molecular flexibility index (Phi) is 13.3. The maximum absolute atomic E-state index is 13.9. The number of hydrogen-bond donors (Lipinski definition) is 3. The molecule has 0 radical (unpaired) electrons. The lowest BCUT2D eigenvalue weighted by molar-refractivity contribution is -0.437. The normalized spacial score (nSPS) is 17.2. The highest BCUT2D eigenvalue weighted by molar-refractivity contribution is 7.89. The molecule has 0 bridgehead atoms. The van der Waals surface area contributed by atoms with Crippen molar-refractivity contribution in [3.63, 3.8) is 0 Å². The Labute approximate surface area is 374 Å². The summed E-state index contributed by atoms with van der Waals surface area (Å²) in [6.07, 6.45) is 9.80. The molecule has 4 aromatic carbocycles. The molecule has 16 nitrogen and oxygen atoms in total. The second-order valence-electron chi connectivity index (χ2n) is 16.9. The first-order valence-corrected chi connectivity index (χ1v) is 26.3. The summed E-state index contributed by atoms with van der Waals surface area (Å²) in [7, 11) is -17.0. The fourth-order valence-electron chi connectivity index (χ4n) is 9.02. The minimum absolute atomic E-state index is 0.00145. The van der Waals surface area contributed by atoms with E-state index in [9.17, 15) is 52.1 Å². The lowest BCUT2D eigenvalue weighted by Gasteiger charge is -2.27. The highest BCUT2D eigenvalue weighted by Gasteiger charge is 2.46. The molecule has 0 saturated carbocycles. The van der Waals surface area contributed by atoms with E-state index in [-0.39, 0.29) is 48.0 Å². The number of allylic oxidation sites excluding steroid dienone is 6. The van der Waals surface area contributed by atoms with E-state index in [0.29, 0.717) is 40.7 Å². The number of anilines is 1. The van der Waals surface area contributed by atoms with Gasteiger partial charge in [-0.2, -0.15) is 21.4 Å². The van der Waals surface area contributed by atoms with Crippen LogP contribution in [0.15, 0.2) is 105 Å². The SMILES string of the molecule is CCC[N+]1=C(/C=C/C=C/C=C2/N(CCCS(=O)(=O)[O-])c3ccc4c(S(=O)(=O)N(C)CCCC(=O)O)cccc4c3C2(C)C)C(C)(C)c2c1ccc1c(S(=O)(=O)O)cc(S(=O)(=O)O)cc21. The van der Waals surface area contributed by atoms with E-state index in [2.05, 4.69) is 0 Å². The second-order valence-corrected chi connectivity index (χ2v) is 23.3. The maximum Gasteiger partial charge on any atom is 0.303 e. The molecule has 2 aliphatic rings. The van der Waals surface area contributed by atoms with Crippen molar-refractivity contribution in [1.29, 1.82) is 0 Å². The highest BCUT2D eigenvalue weighted by atomic mass is 32.2. The Hall–Kier alpha value is -4.80. The average molecular weight is 958 g/mol. The van der Waals surface area contributed by atoms with Crippen molar-refractivity contribution in [3.8, 4) is 0 Å². The summed E-state index contributed by atoms with van der Waals surface area (Å²) >= 11 is 0. The number of carboxylic acid groups (broad SMARTS) is 1. The molecular weight excluding hydrogens is 907 g/mol. The van der Waals surface area contributed by atoms with Gasteiger partial charge in [-0.25, -0.2) is 21.1 Å². The van der Waals surface area contributed by atoms with Gasteiger partial charge in [0.2, 0.25) is 15.7 Å². The van der Waals surface area contributed by atoms with Crippen LogP contribution in [0.3, 0.4) is 0 Å². The molecule has 2 aliphatic heterocycles. The van der Waals surface area contributed by atoms with Gasteiger partial charge in [0.25, 0.3) is 20.2 Å². The molecule has 20 heteroatoms. The van der Waals surface area contributed by atoms with Gasteiger partial charge in [0.1, 0.15) is 11.4 Å². The molecule has 0 spiro atoms. The Bertz CT molecular complexity index is 3170. The third kappa shape index (κ3) is 9.32. The van der Waals surface area contributed by atoms with Gasteiger partial charge in [-0.3, -0.25) is 13.9 Å². The summed E-state index contributed by atoms with van der Waals surface area (Å²) < 4.78 is 135. The molecule has 6 rings (SSSR count). The Morgan fingerprint density at radius 2 is 1.47 bits per heavy atom. The number of carboxylic acids is 1. The number of hydrogen-bond acceptors (Lipinski definition) is 11. The minimum Gasteiger partial charge on any atom is -0.748 e. The van der Waals surface area contributed by atoms with Crippen molar-refractivity contribution >= 4 is 85.0 Å². The smallest absolute Gasteiger partial charge is 0.303 e. The van der Waals surface area contributed by atoms with E-state index in [1.807, 2.05) is 62.3 Å². The zero-order valence-corrected chi connectivity index (χ0v) is 39.4. The van der Waals surface area contributed by atoms with Crippen LogP contribution in [0.2, 0.25) is 0 Å². The van der Waals surface area contributed by atoms with Gasteiger partial charge in [0, 0.05) is 84.0 Å². The van der Waals surface area contributed by atoms with Gasteiger partial charge >= 0.3 is 5.97 Å². The van der Waals surface area contributed by atoms with E-state index in [1.165, 1.54) is 25.2 Å². The van der Waals surface area contributed by atoms with Crippen LogP contribution in [0, 0.1) is 0 Å². The Balaban J connectivity index is 1.41. The summed E-state index contributed by atoms with van der Waals surface area (Å²) in [5, 5.41) is 10.5. The fourth-order valence-corrected chi connectivity index (χ4v) is 12.3. The first-order valence-electron chi connectivity index (χ1n) is 20.4. The number of fused-ring (bicyclic) bond motifs is 6. The summed E-state index contributed by atoms with van der Waals surface area (Å²) in [6, 6.07) is 13.6. The summed E-state index contributed by atoms with van der Waals surface area (Å²) in [5.74, 6) is -1.62. The standard InChI is InChI=1S/C44H51N3O13S4/c1-7-23-46-35-22-20-31-33(27-29(63(55,56)57)28-37(31)64(58,59)60)42(35)44(4,5)38(46)16-9-8-10-17-39-43(2,3)41-32-14-11-15-36(62(53,54)45(6)24-12-18-40(48)49)30(32)19-21-34(41)47(39)25-13-26-61(50,51)52/h8-11,14-17,19-22,27-28H,7,12-13,18,23-26H2,1-6H3,(H3-,48,49,50,51,52,55,56,57,58,59,60). The average Bonchev–Trinajstić information content (AvgIpc) is 3.53. The molecular formula is C44H51N3O13S4. The van der Waals surface area contributed by atoms with E-state index < -0.39 is 72.7 Å². The monoisotopic (exact) mass is 957 g/mol. The third-order valence-electron chi connectivity index (χ3n) is 11.8. The van der Waals surface area contributed by atoms with Crippen LogP contribution in [-0.2, 0) is 56.0 Å². The topological polar surface area (TPSA) is 247 Å². The van der Waals surface area contributed by atoms with Crippen LogP contribution in [0.5, 0.6) is 0 Å². The van der Waals surface area contributed by atoms with Gasteiger partial charge in [-0.05, 0) is 79.4 Å². The van der Waals surface area contributed by atoms with Gasteiger partial charge in [-0.15, -0.1) is 0 Å². The molecule has 0 saturated heterocycles. The molecule has 344 valence electrons. The highest BCUT2D eigenvalue weighted by Crippen LogP contribution is 2.52. The quantitative estimate of drug-likeness (QED) is 0.0582. The fraction of sp³-hybridized carbons (Fsp3) is 0.364. The van der Waals surface area contributed by atoms with E-state index in [0.717, 1.165) is 27.3 Å². The van der Waals surface area contributed by atoms with Gasteiger partial charge in [0.15, 0.2) is 5.71 Å². The van der Waals surface area contributed by atoms with Crippen molar-refractivity contribution in [2.45, 2.75) is 85.8 Å². The van der Waals surface area contributed by atoms with E-state index in [4.69, 9.17) is 5.11 Å². The lowest BCUT2D eigenvalue weighted by Crippen LogP contribution is -2.28. The number of benzene rings is 4. The first kappa shape index (κ1) is 48.7. The van der Waals surface area contributed by atoms with Crippen molar-refractivity contribution in [1.82, 2.24) is 4.31 Å². The van der Waals surface area contributed by atoms with E-state index >= 15 is 0 Å². The number of nitrogens with zero attached hydrogens (tertiary/aromatic N) is 3. The van der Waals surface area contributed by atoms with E-state index in [1.54, 1.807) is 42.5 Å². The molecule has 0 aromatic heterocycles. The molecule has 2 heterocycles. The molecule has 0 atom stereocenters. The largest absolute Gasteiger partial charge is 0.748 e. The summed E-state index contributed by atoms with van der Waals surface area (Å²) in [6.45, 7) is 10.4. The van der Waals surface area contributed by atoms with Gasteiger partial charge in [0.05, 0.1) is 25.3 Å².